The van der Waals surface area contributed by atoms with Crippen LogP contribution in [0.2, 0.25) is 10.0 Å². The topological polar surface area (TPSA) is 55.8 Å². The molecule has 0 bridgehead atoms. The maximum absolute atomic E-state index is 13.9. The zero-order valence-electron chi connectivity index (χ0n) is 16.2. The molecular weight excluding hydrogens is 432 g/mol. The molecule has 0 aromatic heterocycles. The molecule has 1 aliphatic rings. The van der Waals surface area contributed by atoms with Crippen LogP contribution >= 0.6 is 23.2 Å². The molecule has 1 amide bonds. The van der Waals surface area contributed by atoms with Gasteiger partial charge in [-0.15, -0.1) is 0 Å². The van der Waals surface area contributed by atoms with Crippen LogP contribution in [-0.4, -0.2) is 49.0 Å². The first-order valence-corrected chi connectivity index (χ1v) is 10.1. The van der Waals surface area contributed by atoms with Gasteiger partial charge in [0, 0.05) is 23.2 Å². The Hall–Kier alpha value is -2.41. The molecular formula is C22H20Cl2FNO4. The molecule has 5 nitrogen and oxygen atoms in total. The number of carbonyl (C=O) groups excluding carboxylic acids is 2. The molecule has 1 heterocycles. The number of ether oxygens (including phenoxy) is 2. The molecule has 0 radical (unpaired) electrons. The van der Waals surface area contributed by atoms with Gasteiger partial charge in [0.1, 0.15) is 24.3 Å². The van der Waals surface area contributed by atoms with Crippen LogP contribution in [0.25, 0.3) is 6.08 Å². The summed E-state index contributed by atoms with van der Waals surface area (Å²) in [6.45, 7) is 2.65. The smallest absolute Gasteiger partial charge is 0.246 e. The van der Waals surface area contributed by atoms with Crippen LogP contribution in [0.15, 0.2) is 42.5 Å². The number of amides is 1. The van der Waals surface area contributed by atoms with Crippen molar-refractivity contribution in [2.45, 2.75) is 13.0 Å². The van der Waals surface area contributed by atoms with Crippen molar-refractivity contribution in [3.05, 3.63) is 69.5 Å². The summed E-state index contributed by atoms with van der Waals surface area (Å²) >= 11 is 11.9. The number of ketones is 1. The fourth-order valence-electron chi connectivity index (χ4n) is 3.04. The Kier molecular flexibility index (Phi) is 7.48. The molecule has 0 N–H and O–H groups in total. The summed E-state index contributed by atoms with van der Waals surface area (Å²) in [5, 5.41) is 0.677. The predicted molar refractivity (Wildman–Crippen MR) is 114 cm³/mol. The van der Waals surface area contributed by atoms with E-state index in [-0.39, 0.29) is 35.0 Å². The number of nitrogens with zero attached hydrogens (tertiary/aromatic N) is 1. The Labute approximate surface area is 184 Å². The lowest BCUT2D eigenvalue weighted by atomic mass is 10.1. The third kappa shape index (κ3) is 5.59. The predicted octanol–water partition coefficient (Wildman–Crippen LogP) is 4.65. The molecule has 1 saturated heterocycles. The number of carbonyl (C=O) groups is 2. The van der Waals surface area contributed by atoms with Gasteiger partial charge in [-0.2, -0.15) is 0 Å². The Balaban J connectivity index is 1.61. The minimum Gasteiger partial charge on any atom is -0.490 e. The number of Topliss-reactive ketones (excluding diaryl/α,β-unsaturated/α-hetero) is 1. The van der Waals surface area contributed by atoms with Crippen LogP contribution in [-0.2, 0) is 9.53 Å². The van der Waals surface area contributed by atoms with Gasteiger partial charge in [-0.3, -0.25) is 9.59 Å². The maximum atomic E-state index is 13.9. The quantitative estimate of drug-likeness (QED) is 0.473. The van der Waals surface area contributed by atoms with E-state index in [2.05, 4.69) is 0 Å². The van der Waals surface area contributed by atoms with Crippen LogP contribution in [0.1, 0.15) is 22.8 Å². The van der Waals surface area contributed by atoms with Crippen molar-refractivity contribution in [3.8, 4) is 5.75 Å². The maximum Gasteiger partial charge on any atom is 0.246 e. The number of morpholine rings is 1. The van der Waals surface area contributed by atoms with E-state index in [9.17, 15) is 14.0 Å². The second-order valence-corrected chi connectivity index (χ2v) is 7.60. The normalized spacial score (nSPS) is 16.7. The van der Waals surface area contributed by atoms with Crippen LogP contribution in [0, 0.1) is 5.82 Å². The van der Waals surface area contributed by atoms with E-state index in [0.717, 1.165) is 0 Å². The van der Waals surface area contributed by atoms with E-state index in [1.165, 1.54) is 31.2 Å². The number of hydrogen-bond donors (Lipinski definition) is 0. The molecule has 158 valence electrons. The van der Waals surface area contributed by atoms with Crippen molar-refractivity contribution in [2.24, 2.45) is 0 Å². The average Bonchev–Trinajstić information content (AvgIpc) is 2.72. The fourth-order valence-corrected chi connectivity index (χ4v) is 3.43. The minimum absolute atomic E-state index is 0.161. The van der Waals surface area contributed by atoms with E-state index in [1.807, 2.05) is 0 Å². The van der Waals surface area contributed by atoms with Crippen LogP contribution in [0.5, 0.6) is 5.75 Å². The fraction of sp³-hybridized carbons (Fsp3) is 0.273. The summed E-state index contributed by atoms with van der Waals surface area (Å²) in [5.74, 6) is -0.526. The second kappa shape index (κ2) is 10.1. The van der Waals surface area contributed by atoms with Gasteiger partial charge in [-0.25, -0.2) is 4.39 Å². The third-order valence-corrected chi connectivity index (χ3v) is 5.15. The third-order valence-electron chi connectivity index (χ3n) is 4.59. The molecule has 1 fully saturated rings. The number of halogens is 3. The highest BCUT2D eigenvalue weighted by molar-refractivity contribution is 6.32. The van der Waals surface area contributed by atoms with E-state index in [0.29, 0.717) is 36.0 Å². The highest BCUT2D eigenvalue weighted by atomic mass is 35.5. The van der Waals surface area contributed by atoms with Crippen molar-refractivity contribution < 1.29 is 23.5 Å². The van der Waals surface area contributed by atoms with Crippen LogP contribution in [0.3, 0.4) is 0 Å². The van der Waals surface area contributed by atoms with Gasteiger partial charge in [0.25, 0.3) is 0 Å². The lowest BCUT2D eigenvalue weighted by Gasteiger charge is -2.32. The van der Waals surface area contributed by atoms with Gasteiger partial charge >= 0.3 is 0 Å². The Bertz CT molecular complexity index is 959. The van der Waals surface area contributed by atoms with Crippen molar-refractivity contribution in [1.29, 1.82) is 0 Å². The minimum atomic E-state index is -0.496. The lowest BCUT2D eigenvalue weighted by molar-refractivity contribution is -0.134. The summed E-state index contributed by atoms with van der Waals surface area (Å²) in [4.78, 5) is 25.9. The highest BCUT2D eigenvalue weighted by Gasteiger charge is 2.24. The summed E-state index contributed by atoms with van der Waals surface area (Å²) in [6.07, 6.45) is 2.29. The zero-order chi connectivity index (χ0) is 21.7. The van der Waals surface area contributed by atoms with Crippen molar-refractivity contribution in [3.63, 3.8) is 0 Å². The molecule has 0 saturated carbocycles. The van der Waals surface area contributed by atoms with E-state index >= 15 is 0 Å². The Morgan fingerprint density at radius 2 is 2.10 bits per heavy atom. The molecule has 2 aromatic rings. The zero-order valence-corrected chi connectivity index (χ0v) is 17.8. The largest absolute Gasteiger partial charge is 0.490 e. The molecule has 2 aromatic carbocycles. The number of hydrogen-bond acceptors (Lipinski definition) is 4. The molecule has 8 heteroatoms. The molecule has 0 spiro atoms. The van der Waals surface area contributed by atoms with Gasteiger partial charge in [0.05, 0.1) is 23.7 Å². The second-order valence-electron chi connectivity index (χ2n) is 6.75. The van der Waals surface area contributed by atoms with E-state index in [4.69, 9.17) is 32.7 Å². The molecule has 1 unspecified atom stereocenters. The monoisotopic (exact) mass is 451 g/mol. The van der Waals surface area contributed by atoms with Gasteiger partial charge in [-0.1, -0.05) is 29.3 Å². The summed E-state index contributed by atoms with van der Waals surface area (Å²) in [5.41, 5.74) is 0.552. The number of rotatable bonds is 6. The van der Waals surface area contributed by atoms with E-state index < -0.39 is 5.82 Å². The summed E-state index contributed by atoms with van der Waals surface area (Å²) in [6, 6.07) is 9.16. The highest BCUT2D eigenvalue weighted by Crippen LogP contribution is 2.24. The van der Waals surface area contributed by atoms with Gasteiger partial charge < -0.3 is 14.4 Å². The first-order valence-electron chi connectivity index (χ1n) is 9.31. The van der Waals surface area contributed by atoms with Crippen molar-refractivity contribution in [2.75, 3.05) is 26.3 Å². The standard InChI is InChI=1S/C22H20Cl2FNO4/c1-14(27)18-11-15(23)5-7-21(18)30-13-16-12-26(9-10-29-16)22(28)8-6-17-19(24)3-2-4-20(17)25/h2-8,11,16H,9-10,12-13H2,1H3. The number of benzene rings is 2. The van der Waals surface area contributed by atoms with Gasteiger partial charge in [0.2, 0.25) is 5.91 Å². The SMILES string of the molecule is CC(=O)c1cc(Cl)ccc1OCC1CN(C(=O)C=Cc2c(F)cccc2Cl)CCO1. The molecule has 1 atom stereocenters. The molecule has 1 aliphatic heterocycles. The summed E-state index contributed by atoms with van der Waals surface area (Å²) in [7, 11) is 0. The first-order chi connectivity index (χ1) is 14.3. The average molecular weight is 452 g/mol. The van der Waals surface area contributed by atoms with Gasteiger partial charge in [0.15, 0.2) is 5.78 Å². The summed E-state index contributed by atoms with van der Waals surface area (Å²) < 4.78 is 25.3. The Morgan fingerprint density at radius 1 is 1.30 bits per heavy atom. The van der Waals surface area contributed by atoms with Crippen molar-refractivity contribution >= 4 is 41.0 Å². The molecule has 30 heavy (non-hydrogen) atoms. The molecule has 0 aliphatic carbocycles. The van der Waals surface area contributed by atoms with Crippen molar-refractivity contribution in [1.82, 2.24) is 4.90 Å². The molecule has 3 rings (SSSR count). The lowest BCUT2D eigenvalue weighted by Crippen LogP contribution is -2.47. The van der Waals surface area contributed by atoms with Crippen LogP contribution < -0.4 is 4.74 Å². The van der Waals surface area contributed by atoms with E-state index in [1.54, 1.807) is 29.2 Å². The van der Waals surface area contributed by atoms with Crippen LogP contribution in [0.4, 0.5) is 4.39 Å². The van der Waals surface area contributed by atoms with Gasteiger partial charge in [-0.05, 0) is 43.3 Å². The first kappa shape index (κ1) is 22.3. The Morgan fingerprint density at radius 3 is 2.83 bits per heavy atom.